The van der Waals surface area contributed by atoms with Crippen LogP contribution in [0.25, 0.3) is 0 Å². The first-order valence-corrected chi connectivity index (χ1v) is 14.3. The lowest BCUT2D eigenvalue weighted by Crippen LogP contribution is -2.20. The molecule has 0 saturated heterocycles. The van der Waals surface area contributed by atoms with Crippen LogP contribution in [0.1, 0.15) is 163 Å². The molecule has 0 N–H and O–H groups in total. The van der Waals surface area contributed by atoms with Gasteiger partial charge in [0, 0.05) is 0 Å². The number of carbonyl (C=O) groups is 1. The SMILES string of the molecule is CCCCCCCCCCCCC(CCCCCC)COC(=O)C(C)CCCCCC. The van der Waals surface area contributed by atoms with Gasteiger partial charge in [0.1, 0.15) is 0 Å². The monoisotopic (exact) mass is 438 g/mol. The Bertz CT molecular complexity index is 366. The lowest BCUT2D eigenvalue weighted by molar-refractivity contribution is -0.149. The topological polar surface area (TPSA) is 26.3 Å². The zero-order valence-electron chi connectivity index (χ0n) is 22.0. The van der Waals surface area contributed by atoms with E-state index in [1.807, 2.05) is 6.92 Å². The Hall–Kier alpha value is -0.530. The Kier molecular flexibility index (Phi) is 23.7. The van der Waals surface area contributed by atoms with E-state index in [4.69, 9.17) is 4.74 Å². The summed E-state index contributed by atoms with van der Waals surface area (Å²) in [4.78, 5) is 12.4. The van der Waals surface area contributed by atoms with E-state index >= 15 is 0 Å². The van der Waals surface area contributed by atoms with Crippen LogP contribution < -0.4 is 0 Å². The van der Waals surface area contributed by atoms with Gasteiger partial charge in [-0.15, -0.1) is 0 Å². The maximum absolute atomic E-state index is 12.4. The number of carbonyl (C=O) groups excluding carboxylic acids is 1. The van der Waals surface area contributed by atoms with Crippen molar-refractivity contribution in [1.82, 2.24) is 0 Å². The molecule has 0 aliphatic rings. The van der Waals surface area contributed by atoms with Crippen molar-refractivity contribution in [2.45, 2.75) is 163 Å². The van der Waals surface area contributed by atoms with Gasteiger partial charge in [-0.25, -0.2) is 0 Å². The summed E-state index contributed by atoms with van der Waals surface area (Å²) >= 11 is 0. The molecule has 0 aromatic carbocycles. The van der Waals surface area contributed by atoms with Gasteiger partial charge in [0.25, 0.3) is 0 Å². The van der Waals surface area contributed by atoms with Crippen LogP contribution in [0.3, 0.4) is 0 Å². The zero-order chi connectivity index (χ0) is 23.0. The van der Waals surface area contributed by atoms with Crippen molar-refractivity contribution in [3.8, 4) is 0 Å². The molecule has 0 aromatic rings. The van der Waals surface area contributed by atoms with Gasteiger partial charge in [0.05, 0.1) is 12.5 Å². The molecule has 0 radical (unpaired) electrons. The predicted octanol–water partition coefficient (Wildman–Crippen LogP) is 10.0. The molecule has 2 nitrogen and oxygen atoms in total. The number of rotatable bonds is 24. The summed E-state index contributed by atoms with van der Waals surface area (Å²) in [6, 6.07) is 0. The molecule has 0 fully saturated rings. The summed E-state index contributed by atoms with van der Waals surface area (Å²) in [7, 11) is 0. The van der Waals surface area contributed by atoms with Crippen molar-refractivity contribution >= 4 is 5.97 Å². The maximum Gasteiger partial charge on any atom is 0.308 e. The van der Waals surface area contributed by atoms with Gasteiger partial charge in [-0.05, 0) is 25.2 Å². The molecule has 2 heteroatoms. The molecular formula is C29H58O2. The largest absolute Gasteiger partial charge is 0.465 e. The lowest BCUT2D eigenvalue weighted by Gasteiger charge is -2.19. The molecule has 2 atom stereocenters. The lowest BCUT2D eigenvalue weighted by atomic mass is 9.94. The molecule has 0 aliphatic carbocycles. The Morgan fingerprint density at radius 1 is 0.548 bits per heavy atom. The molecule has 0 amide bonds. The van der Waals surface area contributed by atoms with Crippen LogP contribution in [0.2, 0.25) is 0 Å². The molecule has 186 valence electrons. The van der Waals surface area contributed by atoms with Crippen LogP contribution in [0.4, 0.5) is 0 Å². The van der Waals surface area contributed by atoms with E-state index in [1.165, 1.54) is 122 Å². The third-order valence-electron chi connectivity index (χ3n) is 6.79. The van der Waals surface area contributed by atoms with Crippen LogP contribution in [-0.2, 0) is 9.53 Å². The van der Waals surface area contributed by atoms with E-state index in [0.29, 0.717) is 12.5 Å². The van der Waals surface area contributed by atoms with Crippen molar-refractivity contribution in [1.29, 1.82) is 0 Å². The Morgan fingerprint density at radius 2 is 0.903 bits per heavy atom. The fourth-order valence-electron chi connectivity index (χ4n) is 4.43. The molecule has 0 heterocycles. The van der Waals surface area contributed by atoms with Crippen molar-refractivity contribution in [2.75, 3.05) is 6.61 Å². The van der Waals surface area contributed by atoms with Gasteiger partial charge < -0.3 is 4.74 Å². The van der Waals surface area contributed by atoms with Crippen LogP contribution in [-0.4, -0.2) is 12.6 Å². The first-order chi connectivity index (χ1) is 15.2. The normalized spacial score (nSPS) is 13.3. The third kappa shape index (κ3) is 21.1. The van der Waals surface area contributed by atoms with E-state index in [2.05, 4.69) is 20.8 Å². The van der Waals surface area contributed by atoms with Crippen molar-refractivity contribution in [2.24, 2.45) is 11.8 Å². The maximum atomic E-state index is 12.4. The van der Waals surface area contributed by atoms with Crippen molar-refractivity contribution in [3.63, 3.8) is 0 Å². The summed E-state index contributed by atoms with van der Waals surface area (Å²) in [5.74, 6) is 0.676. The number of esters is 1. The minimum absolute atomic E-state index is 0.0399. The minimum Gasteiger partial charge on any atom is -0.465 e. The highest BCUT2D eigenvalue weighted by Crippen LogP contribution is 2.21. The fraction of sp³-hybridized carbons (Fsp3) is 0.966. The van der Waals surface area contributed by atoms with E-state index < -0.39 is 0 Å². The highest BCUT2D eigenvalue weighted by Gasteiger charge is 2.17. The summed E-state index contributed by atoms with van der Waals surface area (Å²) < 4.78 is 5.78. The molecule has 2 unspecified atom stereocenters. The molecule has 0 spiro atoms. The Labute approximate surface area is 196 Å². The Balaban J connectivity index is 4.01. The average Bonchev–Trinajstić information content (AvgIpc) is 2.78. The molecule has 0 bridgehead atoms. The number of hydrogen-bond acceptors (Lipinski definition) is 2. The first kappa shape index (κ1) is 30.5. The van der Waals surface area contributed by atoms with E-state index in [9.17, 15) is 4.79 Å². The van der Waals surface area contributed by atoms with Gasteiger partial charge in [-0.2, -0.15) is 0 Å². The van der Waals surface area contributed by atoms with Crippen LogP contribution in [0.5, 0.6) is 0 Å². The van der Waals surface area contributed by atoms with Gasteiger partial charge in [0.2, 0.25) is 0 Å². The molecule has 0 aliphatic heterocycles. The molecule has 0 saturated carbocycles. The van der Waals surface area contributed by atoms with Crippen LogP contribution >= 0.6 is 0 Å². The summed E-state index contributed by atoms with van der Waals surface area (Å²) in [5, 5.41) is 0. The quantitative estimate of drug-likeness (QED) is 0.111. The number of ether oxygens (including phenoxy) is 1. The smallest absolute Gasteiger partial charge is 0.308 e. The summed E-state index contributed by atoms with van der Waals surface area (Å²) in [6.07, 6.45) is 27.5. The molecule has 0 aromatic heterocycles. The Morgan fingerprint density at radius 3 is 1.35 bits per heavy atom. The minimum atomic E-state index is 0.0399. The number of unbranched alkanes of at least 4 members (excludes halogenated alkanes) is 15. The van der Waals surface area contributed by atoms with Crippen LogP contribution in [0.15, 0.2) is 0 Å². The standard InChI is InChI=1S/C29H58O2/c1-5-8-11-14-15-16-17-18-19-22-25-28(24-21-13-10-7-3)26-31-29(30)27(4)23-20-12-9-6-2/h27-28H,5-26H2,1-4H3. The van der Waals surface area contributed by atoms with Crippen molar-refractivity contribution < 1.29 is 9.53 Å². The van der Waals surface area contributed by atoms with Crippen LogP contribution in [0, 0.1) is 11.8 Å². The highest BCUT2D eigenvalue weighted by atomic mass is 16.5. The average molecular weight is 439 g/mol. The summed E-state index contributed by atoms with van der Waals surface area (Å²) in [6.45, 7) is 9.49. The van der Waals surface area contributed by atoms with Gasteiger partial charge in [-0.3, -0.25) is 4.79 Å². The van der Waals surface area contributed by atoms with E-state index in [1.54, 1.807) is 0 Å². The molecule has 0 rings (SSSR count). The van der Waals surface area contributed by atoms with E-state index in [0.717, 1.165) is 12.8 Å². The van der Waals surface area contributed by atoms with Gasteiger partial charge in [0.15, 0.2) is 0 Å². The van der Waals surface area contributed by atoms with E-state index in [-0.39, 0.29) is 11.9 Å². The second kappa shape index (κ2) is 24.1. The third-order valence-corrected chi connectivity index (χ3v) is 6.79. The fourth-order valence-corrected chi connectivity index (χ4v) is 4.43. The van der Waals surface area contributed by atoms with Crippen molar-refractivity contribution in [3.05, 3.63) is 0 Å². The van der Waals surface area contributed by atoms with Gasteiger partial charge in [-0.1, -0.05) is 143 Å². The zero-order valence-corrected chi connectivity index (χ0v) is 22.0. The van der Waals surface area contributed by atoms with Gasteiger partial charge >= 0.3 is 5.97 Å². The number of hydrogen-bond donors (Lipinski definition) is 0. The molecular weight excluding hydrogens is 380 g/mol. The highest BCUT2D eigenvalue weighted by molar-refractivity contribution is 5.71. The summed E-state index contributed by atoms with van der Waals surface area (Å²) in [5.41, 5.74) is 0. The first-order valence-electron chi connectivity index (χ1n) is 14.3. The predicted molar refractivity (Wildman–Crippen MR) is 138 cm³/mol. The second-order valence-corrected chi connectivity index (χ2v) is 10.1. The molecule has 31 heavy (non-hydrogen) atoms. The second-order valence-electron chi connectivity index (χ2n) is 10.1.